The van der Waals surface area contributed by atoms with E-state index in [1.165, 1.54) is 21.0 Å². The predicted octanol–water partition coefficient (Wildman–Crippen LogP) is 3.17. The van der Waals surface area contributed by atoms with Crippen molar-refractivity contribution in [2.45, 2.75) is 84.2 Å². The van der Waals surface area contributed by atoms with Crippen molar-refractivity contribution in [1.29, 1.82) is 0 Å². The summed E-state index contributed by atoms with van der Waals surface area (Å²) in [7, 11) is 1.20. The molecule has 3 aromatic rings. The Morgan fingerprint density at radius 1 is 0.769 bits per heavy atom. The zero-order valence-corrected chi connectivity index (χ0v) is 30.4. The van der Waals surface area contributed by atoms with Gasteiger partial charge in [0.25, 0.3) is 0 Å². The number of aliphatic hydroxyl groups excluding tert-OH is 1. The van der Waals surface area contributed by atoms with Gasteiger partial charge in [-0.05, 0) is 61.8 Å². The lowest BCUT2D eigenvalue weighted by Gasteiger charge is -2.34. The number of aliphatic hydroxyl groups is 1. The highest BCUT2D eigenvalue weighted by Crippen LogP contribution is 2.24. The number of carbonyl (C=O) groups excluding carboxylic acids is 4. The van der Waals surface area contributed by atoms with Crippen molar-refractivity contribution in [3.63, 3.8) is 0 Å². The lowest BCUT2D eigenvalue weighted by Crippen LogP contribution is -2.61. The monoisotopic (exact) mass is 718 g/mol. The van der Waals surface area contributed by atoms with E-state index >= 15 is 0 Å². The molecule has 8 N–H and O–H groups in total. The number of methoxy groups -OCH3 is 1. The number of aromatic nitrogens is 1. The van der Waals surface area contributed by atoms with Crippen molar-refractivity contribution in [2.75, 3.05) is 7.11 Å². The Hall–Kier alpha value is -5.50. The molecule has 0 spiro atoms. The summed E-state index contributed by atoms with van der Waals surface area (Å²) >= 11 is 0. The maximum absolute atomic E-state index is 13.8. The van der Waals surface area contributed by atoms with Crippen molar-refractivity contribution in [2.24, 2.45) is 16.6 Å². The van der Waals surface area contributed by atoms with Gasteiger partial charge in [-0.15, -0.1) is 0 Å². The zero-order valence-electron chi connectivity index (χ0n) is 30.4. The molecule has 0 aliphatic rings. The third-order valence-electron chi connectivity index (χ3n) is 8.82. The fraction of sp³-hybridized carbons (Fsp3) is 0.421. The lowest BCUT2D eigenvalue weighted by molar-refractivity contribution is -0.136. The molecule has 1 heterocycles. The summed E-state index contributed by atoms with van der Waals surface area (Å²) < 4.78 is 4.76. The van der Waals surface area contributed by atoms with Crippen LogP contribution >= 0.6 is 0 Å². The lowest BCUT2D eigenvalue weighted by atomic mass is 9.82. The number of primary amides is 1. The second kappa shape index (κ2) is 18.1. The number of rotatable bonds is 16. The molecule has 3 rings (SSSR count). The quantitative estimate of drug-likeness (QED) is 0.115. The van der Waals surface area contributed by atoms with Crippen molar-refractivity contribution in [1.82, 2.24) is 26.3 Å². The SMILES string of the molecule is COC(=O)N[C@H](C(=O)N[C@@H](Cc1ccc(-c2ccccn2)cc1)C[C@H](O)[C@H](Cc1ccccc1)NC(=O)[C@@H](NC(=O)O)C(C)(C)C(N)=O)C(C)(C)C. The number of amides is 5. The standard InChI is InChI=1S/C38H50N6O8/c1-37(2,3)30(44-36(51)52-6)32(46)41-26(20-24-15-17-25(18-16-24)27-14-10-11-19-40-27)22-29(45)28(21-23-12-8-7-9-13-23)42-33(47)31(43-35(49)50)38(4,5)34(39)48/h7-19,26,28-31,43,45H,20-22H2,1-6H3,(H2,39,48)(H,41,46)(H,42,47)(H,44,51)(H,49,50)/t26-,28-,29-,30+,31+/m0/s1. The van der Waals surface area contributed by atoms with Crippen LogP contribution in [0.3, 0.4) is 0 Å². The summed E-state index contributed by atoms with van der Waals surface area (Å²) in [6.45, 7) is 8.05. The molecule has 0 bridgehead atoms. The molecule has 52 heavy (non-hydrogen) atoms. The van der Waals surface area contributed by atoms with Gasteiger partial charge in [0.2, 0.25) is 17.7 Å². The topological polar surface area (TPSA) is 222 Å². The first-order chi connectivity index (χ1) is 24.4. The third-order valence-corrected chi connectivity index (χ3v) is 8.82. The van der Waals surface area contributed by atoms with Gasteiger partial charge in [-0.3, -0.25) is 19.4 Å². The summed E-state index contributed by atoms with van der Waals surface area (Å²) in [4.78, 5) is 68.0. The summed E-state index contributed by atoms with van der Waals surface area (Å²) in [6.07, 6.45) is -1.62. The number of nitrogens with two attached hydrogens (primary N) is 1. The first-order valence-electron chi connectivity index (χ1n) is 16.9. The number of hydrogen-bond acceptors (Lipinski definition) is 8. The molecular weight excluding hydrogens is 668 g/mol. The molecule has 14 nitrogen and oxygen atoms in total. The number of nitrogens with one attached hydrogen (secondary N) is 4. The number of carboxylic acid groups (broad SMARTS) is 1. The van der Waals surface area contributed by atoms with E-state index in [9.17, 15) is 34.2 Å². The zero-order chi connectivity index (χ0) is 38.6. The highest BCUT2D eigenvalue weighted by Gasteiger charge is 2.42. The Labute approximate surface area is 303 Å². The second-order valence-electron chi connectivity index (χ2n) is 14.3. The largest absolute Gasteiger partial charge is 0.465 e. The summed E-state index contributed by atoms with van der Waals surface area (Å²) in [5.41, 5.74) is 6.43. The molecule has 14 heteroatoms. The Morgan fingerprint density at radius 3 is 1.90 bits per heavy atom. The number of pyridine rings is 1. The van der Waals surface area contributed by atoms with Gasteiger partial charge in [-0.25, -0.2) is 9.59 Å². The van der Waals surface area contributed by atoms with Gasteiger partial charge in [0.1, 0.15) is 12.1 Å². The van der Waals surface area contributed by atoms with Crippen molar-refractivity contribution in [3.05, 3.63) is 90.1 Å². The molecule has 0 saturated heterocycles. The van der Waals surface area contributed by atoms with Gasteiger partial charge < -0.3 is 42.0 Å². The minimum Gasteiger partial charge on any atom is -0.465 e. The molecule has 0 saturated carbocycles. The van der Waals surface area contributed by atoms with Crippen LogP contribution in [0.15, 0.2) is 79.0 Å². The molecule has 0 radical (unpaired) electrons. The Kier molecular flexibility index (Phi) is 14.3. The van der Waals surface area contributed by atoms with Crippen LogP contribution in [0, 0.1) is 10.8 Å². The molecule has 0 fully saturated rings. The number of carbonyl (C=O) groups is 5. The van der Waals surface area contributed by atoms with Gasteiger partial charge >= 0.3 is 12.2 Å². The van der Waals surface area contributed by atoms with E-state index < -0.39 is 71.0 Å². The number of benzene rings is 2. The number of ether oxygens (including phenoxy) is 1. The van der Waals surface area contributed by atoms with E-state index in [0.717, 1.165) is 22.4 Å². The molecule has 5 amide bonds. The summed E-state index contributed by atoms with van der Waals surface area (Å²) in [5, 5.41) is 31.7. The van der Waals surface area contributed by atoms with Crippen LogP contribution in [-0.4, -0.2) is 82.5 Å². The summed E-state index contributed by atoms with van der Waals surface area (Å²) in [5.74, 6) is -2.29. The molecule has 0 aliphatic carbocycles. The van der Waals surface area contributed by atoms with Crippen LogP contribution < -0.4 is 27.0 Å². The maximum atomic E-state index is 13.8. The molecule has 1 aromatic heterocycles. The van der Waals surface area contributed by atoms with Gasteiger partial charge in [-0.1, -0.05) is 81.4 Å². The van der Waals surface area contributed by atoms with Crippen LogP contribution in [-0.2, 0) is 32.0 Å². The average molecular weight is 719 g/mol. The van der Waals surface area contributed by atoms with Gasteiger partial charge in [0.05, 0.1) is 30.4 Å². The van der Waals surface area contributed by atoms with E-state index in [4.69, 9.17) is 10.5 Å². The predicted molar refractivity (Wildman–Crippen MR) is 195 cm³/mol. The third kappa shape index (κ3) is 11.8. The fourth-order valence-corrected chi connectivity index (χ4v) is 5.67. The maximum Gasteiger partial charge on any atom is 0.407 e. The first kappa shape index (κ1) is 40.9. The van der Waals surface area contributed by atoms with Crippen molar-refractivity contribution in [3.8, 4) is 11.3 Å². The van der Waals surface area contributed by atoms with Gasteiger partial charge in [-0.2, -0.15) is 0 Å². The van der Waals surface area contributed by atoms with E-state index in [2.05, 4.69) is 26.3 Å². The molecule has 2 aromatic carbocycles. The van der Waals surface area contributed by atoms with Gasteiger partial charge in [0, 0.05) is 17.8 Å². The van der Waals surface area contributed by atoms with Gasteiger partial charge in [0.15, 0.2) is 0 Å². The first-order valence-corrected chi connectivity index (χ1v) is 16.9. The molecule has 5 atom stereocenters. The van der Waals surface area contributed by atoms with Crippen LogP contribution in [0.25, 0.3) is 11.3 Å². The van der Waals surface area contributed by atoms with Crippen LogP contribution in [0.2, 0.25) is 0 Å². The number of hydrogen-bond donors (Lipinski definition) is 7. The number of nitrogens with zero attached hydrogens (tertiary/aromatic N) is 1. The van der Waals surface area contributed by atoms with E-state index in [1.54, 1.807) is 51.2 Å². The highest BCUT2D eigenvalue weighted by molar-refractivity contribution is 5.94. The van der Waals surface area contributed by atoms with Crippen molar-refractivity contribution < 1.29 is 38.9 Å². The van der Waals surface area contributed by atoms with E-state index in [0.29, 0.717) is 0 Å². The van der Waals surface area contributed by atoms with Crippen LogP contribution in [0.1, 0.15) is 52.2 Å². The number of alkyl carbamates (subject to hydrolysis) is 1. The van der Waals surface area contributed by atoms with Crippen LogP contribution in [0.4, 0.5) is 9.59 Å². The van der Waals surface area contributed by atoms with E-state index in [1.807, 2.05) is 48.5 Å². The van der Waals surface area contributed by atoms with Crippen LogP contribution in [0.5, 0.6) is 0 Å². The Morgan fingerprint density at radius 2 is 1.37 bits per heavy atom. The van der Waals surface area contributed by atoms with E-state index in [-0.39, 0.29) is 19.3 Å². The molecular formula is C38H50N6O8. The van der Waals surface area contributed by atoms with Crippen molar-refractivity contribution >= 4 is 29.9 Å². The molecule has 0 aliphatic heterocycles. The highest BCUT2D eigenvalue weighted by atomic mass is 16.5. The second-order valence-corrected chi connectivity index (χ2v) is 14.3. The average Bonchev–Trinajstić information content (AvgIpc) is 3.09. The normalized spacial score (nSPS) is 14.4. The summed E-state index contributed by atoms with van der Waals surface area (Å²) in [6, 6.07) is 17.9. The molecule has 280 valence electrons. The Balaban J connectivity index is 1.98. The minimum absolute atomic E-state index is 0.0726. The fourth-order valence-electron chi connectivity index (χ4n) is 5.67. The minimum atomic E-state index is -1.63. The molecule has 0 unspecified atom stereocenters. The smallest absolute Gasteiger partial charge is 0.407 e. The Bertz CT molecular complexity index is 1660.